The fraction of sp³-hybridized carbons (Fsp3) is 0.579. The van der Waals surface area contributed by atoms with Crippen LogP contribution in [0, 0.1) is 17.3 Å². The largest absolute Gasteiger partial charge is 0.487 e. The highest BCUT2D eigenvalue weighted by Crippen LogP contribution is 2.59. The number of ether oxygens (including phenoxy) is 1. The van der Waals surface area contributed by atoms with Crippen molar-refractivity contribution in [3.05, 3.63) is 42.0 Å². The molecule has 0 amide bonds. The summed E-state index contributed by atoms with van der Waals surface area (Å²) in [5.41, 5.74) is 1.85. The van der Waals surface area contributed by atoms with E-state index < -0.39 is 0 Å². The minimum atomic E-state index is 0.0325. The van der Waals surface area contributed by atoms with Crippen molar-refractivity contribution in [3.8, 4) is 5.75 Å². The van der Waals surface area contributed by atoms with E-state index in [1.165, 1.54) is 37.7 Å². The van der Waals surface area contributed by atoms with Gasteiger partial charge in [0.25, 0.3) is 0 Å². The number of benzene rings is 1. The fourth-order valence-corrected chi connectivity index (χ4v) is 5.05. The van der Waals surface area contributed by atoms with E-state index in [-0.39, 0.29) is 5.60 Å². The van der Waals surface area contributed by atoms with Gasteiger partial charge in [0, 0.05) is 5.92 Å². The second kappa shape index (κ2) is 4.13. The summed E-state index contributed by atoms with van der Waals surface area (Å²) in [4.78, 5) is 0. The Morgan fingerprint density at radius 2 is 2.00 bits per heavy atom. The molecule has 0 aromatic heterocycles. The maximum absolute atomic E-state index is 6.51. The van der Waals surface area contributed by atoms with E-state index >= 15 is 0 Å². The summed E-state index contributed by atoms with van der Waals surface area (Å²) >= 11 is 0. The number of rotatable bonds is 0. The Balaban J connectivity index is 1.78. The third kappa shape index (κ3) is 1.62. The molecule has 1 heteroatoms. The van der Waals surface area contributed by atoms with E-state index in [4.69, 9.17) is 4.74 Å². The molecule has 2 aliphatic carbocycles. The van der Waals surface area contributed by atoms with Gasteiger partial charge < -0.3 is 4.74 Å². The van der Waals surface area contributed by atoms with Crippen LogP contribution < -0.4 is 4.74 Å². The molecule has 4 atom stereocenters. The summed E-state index contributed by atoms with van der Waals surface area (Å²) in [6.07, 6.45) is 11.0. The first kappa shape index (κ1) is 12.5. The molecule has 1 aromatic rings. The lowest BCUT2D eigenvalue weighted by Gasteiger charge is -2.58. The molecule has 1 saturated carbocycles. The Kier molecular flexibility index (Phi) is 2.58. The van der Waals surface area contributed by atoms with Crippen molar-refractivity contribution in [1.82, 2.24) is 0 Å². The van der Waals surface area contributed by atoms with E-state index in [1.807, 2.05) is 0 Å². The minimum Gasteiger partial charge on any atom is -0.487 e. The van der Waals surface area contributed by atoms with Crippen molar-refractivity contribution in [2.75, 3.05) is 0 Å². The smallest absolute Gasteiger partial charge is 0.123 e. The van der Waals surface area contributed by atoms with Crippen LogP contribution in [0.1, 0.15) is 45.1 Å². The molecule has 0 bridgehead atoms. The summed E-state index contributed by atoms with van der Waals surface area (Å²) in [5.74, 6) is 2.62. The lowest BCUT2D eigenvalue weighted by Crippen LogP contribution is -2.58. The summed E-state index contributed by atoms with van der Waals surface area (Å²) in [5, 5.41) is 0. The van der Waals surface area contributed by atoms with Crippen molar-refractivity contribution in [2.24, 2.45) is 17.3 Å². The molecule has 3 aliphatic rings. The Hall–Kier alpha value is -1.24. The monoisotopic (exact) mass is 268 g/mol. The van der Waals surface area contributed by atoms with Crippen molar-refractivity contribution in [3.63, 3.8) is 0 Å². The predicted molar refractivity (Wildman–Crippen MR) is 81.9 cm³/mol. The second-order valence-electron chi connectivity index (χ2n) is 7.43. The van der Waals surface area contributed by atoms with Crippen molar-refractivity contribution in [2.45, 2.75) is 51.6 Å². The van der Waals surface area contributed by atoms with Gasteiger partial charge >= 0.3 is 0 Å². The molecule has 1 heterocycles. The van der Waals surface area contributed by atoms with Crippen molar-refractivity contribution >= 4 is 0 Å². The van der Waals surface area contributed by atoms with Crippen LogP contribution in [0.15, 0.2) is 36.4 Å². The molecule has 1 aliphatic heterocycles. The lowest BCUT2D eigenvalue weighted by molar-refractivity contribution is -0.117. The van der Waals surface area contributed by atoms with Crippen molar-refractivity contribution < 1.29 is 4.74 Å². The van der Waals surface area contributed by atoms with Gasteiger partial charge in [0.2, 0.25) is 0 Å². The predicted octanol–water partition coefficient (Wildman–Crippen LogP) is 4.76. The zero-order valence-electron chi connectivity index (χ0n) is 12.6. The summed E-state index contributed by atoms with van der Waals surface area (Å²) < 4.78 is 6.51. The van der Waals surface area contributed by atoms with Crippen LogP contribution in [0.4, 0.5) is 0 Å². The summed E-state index contributed by atoms with van der Waals surface area (Å²) in [6.45, 7) is 4.87. The molecule has 1 aromatic carbocycles. The Labute approximate surface area is 122 Å². The molecule has 0 unspecified atom stereocenters. The van der Waals surface area contributed by atoms with Gasteiger partial charge in [0.1, 0.15) is 11.4 Å². The van der Waals surface area contributed by atoms with E-state index in [9.17, 15) is 0 Å². The topological polar surface area (TPSA) is 9.23 Å². The van der Waals surface area contributed by atoms with Crippen LogP contribution in [-0.2, 0) is 6.42 Å². The maximum Gasteiger partial charge on any atom is 0.123 e. The Bertz CT molecular complexity index is 561. The van der Waals surface area contributed by atoms with E-state index in [0.717, 1.165) is 11.7 Å². The average molecular weight is 268 g/mol. The van der Waals surface area contributed by atoms with Gasteiger partial charge in [-0.05, 0) is 62.0 Å². The maximum atomic E-state index is 6.51. The molecule has 0 saturated heterocycles. The molecule has 1 fully saturated rings. The average Bonchev–Trinajstić information content (AvgIpc) is 2.45. The van der Waals surface area contributed by atoms with Crippen LogP contribution in [-0.4, -0.2) is 5.60 Å². The van der Waals surface area contributed by atoms with Gasteiger partial charge in [-0.3, -0.25) is 0 Å². The molecular weight excluding hydrogens is 244 g/mol. The van der Waals surface area contributed by atoms with Gasteiger partial charge in [-0.25, -0.2) is 0 Å². The SMILES string of the molecule is C[C@@]12CC=CC[C@H]1CC[C@]1(C)Oc3ccccc3C[C@@H]21. The standard InChI is InChI=1S/C19H24O/c1-18-11-6-5-8-15(18)10-12-19(2)17(18)13-14-7-3-4-9-16(14)20-19/h3-7,9,15,17H,8,10-13H2,1-2H3/t15-,17-,18+,19-/m0/s1. The Morgan fingerprint density at radius 3 is 2.90 bits per heavy atom. The molecular formula is C19H24O. The Morgan fingerprint density at radius 1 is 1.15 bits per heavy atom. The zero-order valence-corrected chi connectivity index (χ0v) is 12.6. The van der Waals surface area contributed by atoms with Crippen molar-refractivity contribution in [1.29, 1.82) is 0 Å². The van der Waals surface area contributed by atoms with Crippen LogP contribution in [0.25, 0.3) is 0 Å². The van der Waals surface area contributed by atoms with Crippen LogP contribution in [0.5, 0.6) is 5.75 Å². The number of fused-ring (bicyclic) bond motifs is 4. The lowest BCUT2D eigenvalue weighted by atomic mass is 9.51. The highest BCUT2D eigenvalue weighted by molar-refractivity contribution is 5.38. The fourth-order valence-electron chi connectivity index (χ4n) is 5.05. The normalized spacial score (nSPS) is 42.1. The van der Waals surface area contributed by atoms with E-state index in [2.05, 4.69) is 50.3 Å². The highest BCUT2D eigenvalue weighted by atomic mass is 16.5. The quantitative estimate of drug-likeness (QED) is 0.616. The highest BCUT2D eigenvalue weighted by Gasteiger charge is 2.56. The molecule has 106 valence electrons. The van der Waals surface area contributed by atoms with E-state index in [0.29, 0.717) is 11.3 Å². The summed E-state index contributed by atoms with van der Waals surface area (Å²) in [6, 6.07) is 8.64. The number of para-hydroxylation sites is 1. The molecule has 0 radical (unpaired) electrons. The third-order valence-electron chi connectivity index (χ3n) is 6.34. The zero-order chi connectivity index (χ0) is 13.8. The van der Waals surface area contributed by atoms with Crippen LogP contribution in [0.2, 0.25) is 0 Å². The molecule has 1 nitrogen and oxygen atoms in total. The minimum absolute atomic E-state index is 0.0325. The van der Waals surface area contributed by atoms with E-state index in [1.54, 1.807) is 0 Å². The molecule has 0 spiro atoms. The van der Waals surface area contributed by atoms with Gasteiger partial charge in [0.15, 0.2) is 0 Å². The second-order valence-corrected chi connectivity index (χ2v) is 7.43. The third-order valence-corrected chi connectivity index (χ3v) is 6.34. The van der Waals surface area contributed by atoms with Crippen LogP contribution in [0.3, 0.4) is 0 Å². The first-order valence-electron chi connectivity index (χ1n) is 8.04. The summed E-state index contributed by atoms with van der Waals surface area (Å²) in [7, 11) is 0. The van der Waals surface area contributed by atoms with Gasteiger partial charge in [-0.15, -0.1) is 0 Å². The number of hydrogen-bond acceptors (Lipinski definition) is 1. The molecule has 20 heavy (non-hydrogen) atoms. The first-order valence-corrected chi connectivity index (χ1v) is 8.04. The first-order chi connectivity index (χ1) is 9.62. The van der Waals surface area contributed by atoms with Crippen LogP contribution >= 0.6 is 0 Å². The number of allylic oxidation sites excluding steroid dienone is 2. The molecule has 4 rings (SSSR count). The van der Waals surface area contributed by atoms with Gasteiger partial charge in [-0.1, -0.05) is 37.3 Å². The van der Waals surface area contributed by atoms with Gasteiger partial charge in [0.05, 0.1) is 0 Å². The van der Waals surface area contributed by atoms with Gasteiger partial charge in [-0.2, -0.15) is 0 Å². The number of hydrogen-bond donors (Lipinski definition) is 0. The molecule has 0 N–H and O–H groups in total.